The van der Waals surface area contributed by atoms with E-state index in [2.05, 4.69) is 12.2 Å². The molecule has 116 valence electrons. The van der Waals surface area contributed by atoms with E-state index in [0.717, 1.165) is 11.8 Å². The molecule has 0 spiro atoms. The van der Waals surface area contributed by atoms with Crippen molar-refractivity contribution in [2.24, 2.45) is 5.92 Å². The molecule has 1 fully saturated rings. The van der Waals surface area contributed by atoms with Gasteiger partial charge in [0.25, 0.3) is 5.56 Å². The lowest BCUT2D eigenvalue weighted by molar-refractivity contribution is -0.123. The highest BCUT2D eigenvalue weighted by Gasteiger charge is 2.22. The number of hydrogen-bond donors (Lipinski definition) is 1. The Morgan fingerprint density at radius 2 is 2.00 bits per heavy atom. The molecule has 4 heteroatoms. The molecule has 0 bridgehead atoms. The smallest absolute Gasteiger partial charge is 0.258 e. The molecular weight excluding hydrogens is 276 g/mol. The monoisotopic (exact) mass is 298 g/mol. The van der Waals surface area contributed by atoms with Gasteiger partial charge in [-0.25, -0.2) is 0 Å². The van der Waals surface area contributed by atoms with Gasteiger partial charge in [0.15, 0.2) is 0 Å². The molecule has 0 unspecified atom stereocenters. The van der Waals surface area contributed by atoms with Gasteiger partial charge in [-0.1, -0.05) is 38.0 Å². The number of amides is 1. The van der Waals surface area contributed by atoms with E-state index < -0.39 is 0 Å². The molecule has 4 nitrogen and oxygen atoms in total. The average Bonchev–Trinajstić information content (AvgIpc) is 2.53. The van der Waals surface area contributed by atoms with Gasteiger partial charge in [0, 0.05) is 17.6 Å². The summed E-state index contributed by atoms with van der Waals surface area (Å²) in [6.07, 6.45) is 6.33. The van der Waals surface area contributed by atoms with Gasteiger partial charge < -0.3 is 9.88 Å². The number of aromatic nitrogens is 1. The Labute approximate surface area is 130 Å². The molecule has 3 rings (SSSR count). The second kappa shape index (κ2) is 6.34. The summed E-state index contributed by atoms with van der Waals surface area (Å²) in [6, 6.07) is 9.59. The maximum absolute atomic E-state index is 12.4. The van der Waals surface area contributed by atoms with Crippen molar-refractivity contribution in [3.63, 3.8) is 0 Å². The first-order valence-corrected chi connectivity index (χ1v) is 8.03. The highest BCUT2D eigenvalue weighted by atomic mass is 16.2. The highest BCUT2D eigenvalue weighted by Crippen LogP contribution is 2.23. The van der Waals surface area contributed by atoms with Gasteiger partial charge in [-0.3, -0.25) is 9.59 Å². The Kier molecular flexibility index (Phi) is 4.27. The predicted molar refractivity (Wildman–Crippen MR) is 87.8 cm³/mol. The molecule has 0 radical (unpaired) electrons. The van der Waals surface area contributed by atoms with Crippen LogP contribution in [0.5, 0.6) is 0 Å². The third-order valence-corrected chi connectivity index (χ3v) is 4.66. The van der Waals surface area contributed by atoms with Crippen molar-refractivity contribution in [2.45, 2.75) is 45.2 Å². The minimum Gasteiger partial charge on any atom is -0.352 e. The maximum atomic E-state index is 12.4. The van der Waals surface area contributed by atoms with Crippen molar-refractivity contribution in [2.75, 3.05) is 0 Å². The van der Waals surface area contributed by atoms with Gasteiger partial charge in [0.1, 0.15) is 6.54 Å². The molecule has 0 saturated heterocycles. The lowest BCUT2D eigenvalue weighted by atomic mass is 9.86. The first-order chi connectivity index (χ1) is 10.6. The Bertz CT molecular complexity index is 735. The van der Waals surface area contributed by atoms with Gasteiger partial charge in [0.05, 0.1) is 0 Å². The first-order valence-electron chi connectivity index (χ1n) is 8.03. The molecule has 1 saturated carbocycles. The van der Waals surface area contributed by atoms with E-state index in [1.165, 1.54) is 23.8 Å². The average molecular weight is 298 g/mol. The van der Waals surface area contributed by atoms with Crippen LogP contribution in [0, 0.1) is 5.92 Å². The van der Waals surface area contributed by atoms with E-state index >= 15 is 0 Å². The predicted octanol–water partition coefficient (Wildman–Crippen LogP) is 2.70. The lowest BCUT2D eigenvalue weighted by Crippen LogP contribution is -2.43. The number of carbonyl (C=O) groups is 1. The summed E-state index contributed by atoms with van der Waals surface area (Å²) in [4.78, 5) is 24.6. The normalized spacial score (nSPS) is 21.7. The van der Waals surface area contributed by atoms with Crippen molar-refractivity contribution in [1.82, 2.24) is 9.88 Å². The summed E-state index contributed by atoms with van der Waals surface area (Å²) in [5.74, 6) is 0.446. The van der Waals surface area contributed by atoms with Gasteiger partial charge in [-0.15, -0.1) is 0 Å². The molecule has 22 heavy (non-hydrogen) atoms. The van der Waals surface area contributed by atoms with Crippen LogP contribution in [0.25, 0.3) is 10.8 Å². The number of hydrogen-bond acceptors (Lipinski definition) is 2. The molecule has 1 heterocycles. The van der Waals surface area contributed by atoms with Crippen LogP contribution < -0.4 is 10.9 Å². The molecule has 1 amide bonds. The maximum Gasteiger partial charge on any atom is 0.258 e. The second-order valence-electron chi connectivity index (χ2n) is 6.27. The van der Waals surface area contributed by atoms with Gasteiger partial charge in [-0.05, 0) is 36.3 Å². The van der Waals surface area contributed by atoms with Crippen molar-refractivity contribution in [3.8, 4) is 0 Å². The number of nitrogens with zero attached hydrogens (tertiary/aromatic N) is 1. The van der Waals surface area contributed by atoms with E-state index in [1.54, 1.807) is 12.3 Å². The van der Waals surface area contributed by atoms with Crippen LogP contribution in [0.2, 0.25) is 0 Å². The third kappa shape index (κ3) is 3.06. The van der Waals surface area contributed by atoms with Crippen LogP contribution >= 0.6 is 0 Å². The standard InChI is InChI=1S/C18H22N2O2/c1-13-6-2-5-9-16(13)19-17(21)12-20-11-10-14-7-3-4-8-15(14)18(20)22/h3-4,7-8,10-11,13,16H,2,5-6,9,12H2,1H3,(H,19,21)/t13-,16+/m0/s1. The summed E-state index contributed by atoms with van der Waals surface area (Å²) in [6.45, 7) is 2.28. The Morgan fingerprint density at radius 1 is 1.23 bits per heavy atom. The Balaban J connectivity index is 1.74. The number of rotatable bonds is 3. The Morgan fingerprint density at radius 3 is 2.82 bits per heavy atom. The Hall–Kier alpha value is -2.10. The fraction of sp³-hybridized carbons (Fsp3) is 0.444. The van der Waals surface area contributed by atoms with E-state index in [4.69, 9.17) is 0 Å². The minimum atomic E-state index is -0.107. The van der Waals surface area contributed by atoms with E-state index in [-0.39, 0.29) is 24.1 Å². The summed E-state index contributed by atoms with van der Waals surface area (Å²) < 4.78 is 1.49. The molecular formula is C18H22N2O2. The van der Waals surface area contributed by atoms with Crippen LogP contribution in [-0.4, -0.2) is 16.5 Å². The van der Waals surface area contributed by atoms with Crippen LogP contribution in [-0.2, 0) is 11.3 Å². The number of carbonyl (C=O) groups excluding carboxylic acids is 1. The molecule has 0 aliphatic heterocycles. The molecule has 1 aromatic heterocycles. The van der Waals surface area contributed by atoms with Crippen LogP contribution in [0.1, 0.15) is 32.6 Å². The minimum absolute atomic E-state index is 0.0730. The van der Waals surface area contributed by atoms with Crippen LogP contribution in [0.15, 0.2) is 41.3 Å². The van der Waals surface area contributed by atoms with E-state index in [0.29, 0.717) is 11.3 Å². The van der Waals surface area contributed by atoms with Crippen molar-refractivity contribution >= 4 is 16.7 Å². The number of benzene rings is 1. The summed E-state index contributed by atoms with van der Waals surface area (Å²) >= 11 is 0. The summed E-state index contributed by atoms with van der Waals surface area (Å²) in [7, 11) is 0. The zero-order chi connectivity index (χ0) is 15.5. The van der Waals surface area contributed by atoms with Crippen LogP contribution in [0.4, 0.5) is 0 Å². The zero-order valence-corrected chi connectivity index (χ0v) is 12.9. The number of pyridine rings is 1. The van der Waals surface area contributed by atoms with Gasteiger partial charge in [0.2, 0.25) is 5.91 Å². The van der Waals surface area contributed by atoms with E-state index in [1.807, 2.05) is 24.3 Å². The number of fused-ring (bicyclic) bond motifs is 1. The fourth-order valence-electron chi connectivity index (χ4n) is 3.29. The van der Waals surface area contributed by atoms with Gasteiger partial charge >= 0.3 is 0 Å². The molecule has 2 aromatic rings. The summed E-state index contributed by atoms with van der Waals surface area (Å²) in [5, 5.41) is 4.66. The topological polar surface area (TPSA) is 51.1 Å². The molecule has 1 aromatic carbocycles. The molecule has 1 aliphatic rings. The lowest BCUT2D eigenvalue weighted by Gasteiger charge is -2.29. The molecule has 1 aliphatic carbocycles. The summed E-state index contributed by atoms with van der Waals surface area (Å²) in [5.41, 5.74) is -0.107. The first kappa shape index (κ1) is 14.8. The molecule has 2 atom stereocenters. The SMILES string of the molecule is C[C@H]1CCCC[C@H]1NC(=O)Cn1ccc2ccccc2c1=O. The van der Waals surface area contributed by atoms with E-state index in [9.17, 15) is 9.59 Å². The fourth-order valence-corrected chi connectivity index (χ4v) is 3.29. The van der Waals surface area contributed by atoms with Gasteiger partial charge in [-0.2, -0.15) is 0 Å². The molecule has 1 N–H and O–H groups in total. The van der Waals surface area contributed by atoms with Crippen LogP contribution in [0.3, 0.4) is 0 Å². The highest BCUT2D eigenvalue weighted by molar-refractivity contribution is 5.82. The quantitative estimate of drug-likeness (QED) is 0.947. The number of nitrogens with one attached hydrogen (secondary N) is 1. The van der Waals surface area contributed by atoms with Crippen molar-refractivity contribution in [1.29, 1.82) is 0 Å². The third-order valence-electron chi connectivity index (χ3n) is 4.66. The second-order valence-corrected chi connectivity index (χ2v) is 6.27. The largest absolute Gasteiger partial charge is 0.352 e. The van der Waals surface area contributed by atoms with Crippen molar-refractivity contribution < 1.29 is 4.79 Å². The van der Waals surface area contributed by atoms with Crippen molar-refractivity contribution in [3.05, 3.63) is 46.9 Å². The zero-order valence-electron chi connectivity index (χ0n) is 12.9.